The smallest absolute Gasteiger partial charge is 0.338 e. The lowest BCUT2D eigenvalue weighted by molar-refractivity contribution is -0.193. The van der Waals surface area contributed by atoms with E-state index in [1.165, 1.54) is 13.0 Å². The van der Waals surface area contributed by atoms with Gasteiger partial charge in [-0.1, -0.05) is 64.6 Å². The molecule has 0 unspecified atom stereocenters. The van der Waals surface area contributed by atoms with E-state index in [4.69, 9.17) is 23.7 Å². The molecule has 0 saturated heterocycles. The van der Waals surface area contributed by atoms with Crippen LogP contribution in [-0.4, -0.2) is 76.9 Å². The molecule has 12 heteroatoms. The van der Waals surface area contributed by atoms with Crippen LogP contribution in [0.15, 0.2) is 54.6 Å². The lowest BCUT2D eigenvalue weighted by Crippen LogP contribution is -2.59. The number of ketones is 1. The molecule has 49 heavy (non-hydrogen) atoms. The Morgan fingerprint density at radius 3 is 1.92 bits per heavy atom. The van der Waals surface area contributed by atoms with E-state index in [0.717, 1.165) is 13.8 Å². The van der Waals surface area contributed by atoms with Crippen molar-refractivity contribution in [1.82, 2.24) is 0 Å². The van der Waals surface area contributed by atoms with E-state index in [0.29, 0.717) is 0 Å². The molecule has 0 aliphatic heterocycles. The van der Waals surface area contributed by atoms with Gasteiger partial charge in [0.05, 0.1) is 17.4 Å². The first-order valence-electron chi connectivity index (χ1n) is 16.3. The van der Waals surface area contributed by atoms with Crippen LogP contribution in [0.3, 0.4) is 0 Å². The second-order valence-electron chi connectivity index (χ2n) is 13.9. The van der Waals surface area contributed by atoms with Crippen molar-refractivity contribution < 1.29 is 57.6 Å². The molecule has 268 valence electrons. The Kier molecular flexibility index (Phi) is 12.4. The topological polar surface area (TPSA) is 169 Å². The number of carbonyl (C=O) groups excluding carboxylic acids is 6. The molecular weight excluding hydrogens is 636 g/mol. The summed E-state index contributed by atoms with van der Waals surface area (Å²) in [5.41, 5.74) is -3.45. The van der Waals surface area contributed by atoms with Crippen molar-refractivity contribution in [1.29, 1.82) is 0 Å². The zero-order valence-electron chi connectivity index (χ0n) is 29.6. The van der Waals surface area contributed by atoms with Crippen molar-refractivity contribution in [3.05, 3.63) is 60.2 Å². The van der Waals surface area contributed by atoms with E-state index >= 15 is 0 Å². The highest BCUT2D eigenvalue weighted by Crippen LogP contribution is 2.51. The lowest BCUT2D eigenvalue weighted by atomic mass is 9.72. The number of rotatable bonds is 7. The van der Waals surface area contributed by atoms with E-state index < -0.39 is 101 Å². The summed E-state index contributed by atoms with van der Waals surface area (Å²) in [5.74, 6) is -8.10. The maximum Gasteiger partial charge on any atom is 0.338 e. The number of benzene rings is 1. The Morgan fingerprint density at radius 2 is 1.39 bits per heavy atom. The Balaban J connectivity index is 2.40. The Labute approximate surface area is 287 Å². The largest absolute Gasteiger partial charge is 0.459 e. The molecule has 0 heterocycles. The molecule has 1 aromatic rings. The van der Waals surface area contributed by atoms with Gasteiger partial charge in [-0.2, -0.15) is 0 Å². The molecule has 3 rings (SSSR count). The summed E-state index contributed by atoms with van der Waals surface area (Å²) in [4.78, 5) is 78.8. The van der Waals surface area contributed by atoms with E-state index in [9.17, 15) is 33.9 Å². The number of aliphatic hydroxyl groups is 1. The summed E-state index contributed by atoms with van der Waals surface area (Å²) in [6, 6.07) is 8.11. The molecule has 12 nitrogen and oxygen atoms in total. The summed E-state index contributed by atoms with van der Waals surface area (Å²) in [5, 5.41) is 12.8. The minimum absolute atomic E-state index is 0.0993. The minimum Gasteiger partial charge on any atom is -0.459 e. The number of hydrogen-bond acceptors (Lipinski definition) is 12. The number of esters is 5. The molecule has 9 atom stereocenters. The fourth-order valence-electron chi connectivity index (χ4n) is 6.63. The van der Waals surface area contributed by atoms with Gasteiger partial charge in [0.15, 0.2) is 11.9 Å². The van der Waals surface area contributed by atoms with Gasteiger partial charge >= 0.3 is 29.8 Å². The second kappa shape index (κ2) is 15.5. The van der Waals surface area contributed by atoms with Crippen LogP contribution < -0.4 is 0 Å². The number of ether oxygens (including phenoxy) is 5. The molecule has 0 bridgehead atoms. The van der Waals surface area contributed by atoms with Crippen LogP contribution in [0.5, 0.6) is 0 Å². The molecule has 0 radical (unpaired) electrons. The van der Waals surface area contributed by atoms with E-state index in [1.807, 2.05) is 0 Å². The molecule has 2 aliphatic rings. The second-order valence-corrected chi connectivity index (χ2v) is 13.9. The third-order valence-corrected chi connectivity index (χ3v) is 9.00. The summed E-state index contributed by atoms with van der Waals surface area (Å²) in [6.07, 6.45) is -4.60. The zero-order chi connectivity index (χ0) is 37.0. The SMILES string of the molecule is C=C1[C@H](OC(C)=O)[C@H]2[C@@H](OC(=O)c3ccccc3)[C@@H](C)C[C@]2(O)[C@H](OC(C)=O)[C@H](C)/C=C/C(C)(C)C(=O)[C@H](OC(=O)C(C)C)[C@H]1OC(C)=O. The van der Waals surface area contributed by atoms with Crippen molar-refractivity contribution in [2.45, 2.75) is 105 Å². The number of fused-ring (bicyclic) bond motifs is 1. The Morgan fingerprint density at radius 1 is 0.837 bits per heavy atom. The number of Topliss-reactive ketones (excluding diaryl/α,β-unsaturated/α-hetero) is 1. The van der Waals surface area contributed by atoms with Crippen LogP contribution >= 0.6 is 0 Å². The van der Waals surface area contributed by atoms with Crippen LogP contribution in [0.1, 0.15) is 79.1 Å². The summed E-state index contributed by atoms with van der Waals surface area (Å²) >= 11 is 0. The van der Waals surface area contributed by atoms with Crippen molar-refractivity contribution >= 4 is 35.6 Å². The highest BCUT2D eigenvalue weighted by Gasteiger charge is 2.64. The van der Waals surface area contributed by atoms with Crippen LogP contribution in [0, 0.1) is 29.1 Å². The standard InChI is InChI=1S/C37H48O12/c1-19(2)34(42)49-31-30(46-24(7)39)22(5)29(45-23(6)38)27-28(48-35(43)26-14-12-11-13-15-26)21(4)18-37(27,44)33(47-25(8)40)20(3)16-17-36(9,10)32(31)41/h11-17,19-21,27-31,33,44H,5,18H2,1-4,6-10H3/b17-16+/t20-,21+,27-,28+,29+,30+,31-,33-,37-/m1/s1. The van der Waals surface area contributed by atoms with Gasteiger partial charge in [-0.15, -0.1) is 0 Å². The van der Waals surface area contributed by atoms with Gasteiger partial charge in [0, 0.05) is 37.7 Å². The maximum atomic E-state index is 14.3. The van der Waals surface area contributed by atoms with Gasteiger partial charge in [-0.05, 0) is 38.3 Å². The highest BCUT2D eigenvalue weighted by molar-refractivity contribution is 5.93. The average molecular weight is 685 g/mol. The summed E-state index contributed by atoms with van der Waals surface area (Å²) in [6.45, 7) is 17.1. The molecule has 1 N–H and O–H groups in total. The zero-order valence-corrected chi connectivity index (χ0v) is 29.6. The molecule has 0 amide bonds. The fourth-order valence-corrected chi connectivity index (χ4v) is 6.63. The first-order valence-corrected chi connectivity index (χ1v) is 16.3. The predicted octanol–water partition coefficient (Wildman–Crippen LogP) is 4.32. The van der Waals surface area contributed by atoms with Crippen molar-refractivity contribution in [3.63, 3.8) is 0 Å². The van der Waals surface area contributed by atoms with Gasteiger partial charge in [-0.3, -0.25) is 24.0 Å². The van der Waals surface area contributed by atoms with Gasteiger partial charge in [0.25, 0.3) is 0 Å². The molecule has 0 spiro atoms. The normalized spacial score (nSPS) is 32.1. The summed E-state index contributed by atoms with van der Waals surface area (Å²) in [7, 11) is 0. The number of carbonyl (C=O) groups is 6. The quantitative estimate of drug-likeness (QED) is 0.246. The van der Waals surface area contributed by atoms with E-state index in [2.05, 4.69) is 6.58 Å². The number of allylic oxidation sites excluding steroid dienone is 1. The number of hydrogen-bond donors (Lipinski definition) is 1. The molecule has 1 saturated carbocycles. The Hall–Kier alpha value is -4.32. The van der Waals surface area contributed by atoms with Crippen LogP contribution in [0.2, 0.25) is 0 Å². The van der Waals surface area contributed by atoms with Crippen LogP contribution in [0.4, 0.5) is 0 Å². The van der Waals surface area contributed by atoms with Crippen LogP contribution in [0.25, 0.3) is 0 Å². The summed E-state index contributed by atoms with van der Waals surface area (Å²) < 4.78 is 29.1. The molecule has 0 aromatic heterocycles. The maximum absolute atomic E-state index is 14.3. The predicted molar refractivity (Wildman–Crippen MR) is 175 cm³/mol. The lowest BCUT2D eigenvalue weighted by Gasteiger charge is -2.45. The van der Waals surface area contributed by atoms with Crippen molar-refractivity contribution in [2.24, 2.45) is 29.1 Å². The molecule has 1 aromatic carbocycles. The van der Waals surface area contributed by atoms with Gasteiger partial charge in [0.1, 0.15) is 23.9 Å². The highest BCUT2D eigenvalue weighted by atomic mass is 16.6. The third-order valence-electron chi connectivity index (χ3n) is 9.00. The first-order chi connectivity index (χ1) is 22.7. The van der Waals surface area contributed by atoms with Gasteiger partial charge < -0.3 is 28.8 Å². The molecular formula is C37H48O12. The van der Waals surface area contributed by atoms with Crippen LogP contribution in [-0.2, 0) is 47.7 Å². The minimum atomic E-state index is -2.06. The van der Waals surface area contributed by atoms with Crippen molar-refractivity contribution in [2.75, 3.05) is 0 Å². The fraction of sp³-hybridized carbons (Fsp3) is 0.568. The van der Waals surface area contributed by atoms with Gasteiger partial charge in [-0.25, -0.2) is 4.79 Å². The Bertz CT molecular complexity index is 1480. The molecule has 1 fully saturated rings. The van der Waals surface area contributed by atoms with E-state index in [-0.39, 0.29) is 17.6 Å². The third kappa shape index (κ3) is 8.83. The van der Waals surface area contributed by atoms with E-state index in [1.54, 1.807) is 78.0 Å². The molecule has 2 aliphatic carbocycles. The van der Waals surface area contributed by atoms with Crippen molar-refractivity contribution in [3.8, 4) is 0 Å². The van der Waals surface area contributed by atoms with Gasteiger partial charge in [0.2, 0.25) is 6.10 Å². The average Bonchev–Trinajstić information content (AvgIpc) is 3.26. The first kappa shape index (κ1) is 39.1. The monoisotopic (exact) mass is 684 g/mol.